The van der Waals surface area contributed by atoms with Crippen molar-refractivity contribution in [1.82, 2.24) is 14.5 Å². The zero-order valence-corrected chi connectivity index (χ0v) is 17.1. The third-order valence-electron chi connectivity index (χ3n) is 4.17. The number of benzene rings is 2. The van der Waals surface area contributed by atoms with Gasteiger partial charge in [0.25, 0.3) is 5.56 Å². The predicted molar refractivity (Wildman–Crippen MR) is 106 cm³/mol. The van der Waals surface area contributed by atoms with Crippen molar-refractivity contribution >= 4 is 21.6 Å². The molecule has 0 atom stereocenters. The molecule has 0 aliphatic rings. The molecular weight excluding hydrogens is 462 g/mol. The molecule has 3 rings (SSSR count). The number of rotatable bonds is 6. The van der Waals surface area contributed by atoms with Crippen LogP contribution in [0.2, 0.25) is 5.02 Å². The summed E-state index contributed by atoms with van der Waals surface area (Å²) in [4.78, 5) is 11.3. The van der Waals surface area contributed by atoms with Gasteiger partial charge in [-0.05, 0) is 48.5 Å². The molecule has 2 aromatic carbocycles. The van der Waals surface area contributed by atoms with Gasteiger partial charge < -0.3 is 0 Å². The van der Waals surface area contributed by atoms with Gasteiger partial charge in [-0.1, -0.05) is 11.6 Å². The highest BCUT2D eigenvalue weighted by Crippen LogP contribution is 2.33. The number of aromatic nitrogens is 2. The highest BCUT2D eigenvalue weighted by atomic mass is 35.5. The third kappa shape index (κ3) is 5.49. The minimum Gasteiger partial charge on any atom is -0.268 e. The molecule has 6 nitrogen and oxygen atoms in total. The summed E-state index contributed by atoms with van der Waals surface area (Å²) >= 11 is 5.77. The van der Waals surface area contributed by atoms with Crippen molar-refractivity contribution in [3.63, 3.8) is 0 Å². The first-order chi connectivity index (χ1) is 14.5. The van der Waals surface area contributed by atoms with Crippen LogP contribution in [0.15, 0.2) is 64.3 Å². The van der Waals surface area contributed by atoms with Crippen molar-refractivity contribution in [1.29, 1.82) is 0 Å². The molecule has 164 valence electrons. The van der Waals surface area contributed by atoms with Crippen LogP contribution in [0.5, 0.6) is 0 Å². The van der Waals surface area contributed by atoms with Gasteiger partial charge in [-0.15, -0.1) is 0 Å². The van der Waals surface area contributed by atoms with Gasteiger partial charge in [0.2, 0.25) is 10.0 Å². The van der Waals surface area contributed by atoms with Crippen molar-refractivity contribution < 1.29 is 26.0 Å². The average molecular weight is 476 g/mol. The quantitative estimate of drug-likeness (QED) is 0.551. The Kier molecular flexibility index (Phi) is 6.48. The van der Waals surface area contributed by atoms with Crippen LogP contribution in [0.1, 0.15) is 5.56 Å². The van der Waals surface area contributed by atoms with Crippen LogP contribution < -0.4 is 10.3 Å². The van der Waals surface area contributed by atoms with E-state index in [0.717, 1.165) is 10.7 Å². The summed E-state index contributed by atoms with van der Waals surface area (Å²) in [6.07, 6.45) is -4.74. The van der Waals surface area contributed by atoms with Gasteiger partial charge in [-0.25, -0.2) is 22.2 Å². The van der Waals surface area contributed by atoms with Crippen LogP contribution in [-0.2, 0) is 22.7 Å². The smallest absolute Gasteiger partial charge is 0.268 e. The normalized spacial score (nSPS) is 12.2. The summed E-state index contributed by atoms with van der Waals surface area (Å²) in [5.74, 6) is -0.445. The van der Waals surface area contributed by atoms with Gasteiger partial charge in [0, 0.05) is 18.2 Å². The van der Waals surface area contributed by atoms with Gasteiger partial charge in [-0.2, -0.15) is 18.3 Å². The van der Waals surface area contributed by atoms with E-state index in [4.69, 9.17) is 11.6 Å². The van der Waals surface area contributed by atoms with E-state index >= 15 is 0 Å². The molecule has 0 saturated heterocycles. The topological polar surface area (TPSA) is 81.1 Å². The van der Waals surface area contributed by atoms with Gasteiger partial charge in [0.05, 0.1) is 22.8 Å². The summed E-state index contributed by atoms with van der Waals surface area (Å²) in [5.41, 5.74) is -0.806. The Morgan fingerprint density at radius 1 is 1.03 bits per heavy atom. The largest absolute Gasteiger partial charge is 0.416 e. The maximum absolute atomic E-state index is 13.1. The lowest BCUT2D eigenvalue weighted by Gasteiger charge is -2.12. The lowest BCUT2D eigenvalue weighted by molar-refractivity contribution is -0.137. The number of hydrogen-bond donors (Lipinski definition) is 1. The molecule has 0 radical (unpaired) electrons. The second-order valence-corrected chi connectivity index (χ2v) is 8.47. The highest BCUT2D eigenvalue weighted by Gasteiger charge is 2.32. The van der Waals surface area contributed by atoms with E-state index in [1.807, 2.05) is 0 Å². The first kappa shape index (κ1) is 22.9. The molecule has 0 unspecified atom stereocenters. The molecule has 31 heavy (non-hydrogen) atoms. The minimum absolute atomic E-state index is 0.205. The molecule has 0 bridgehead atoms. The molecule has 0 fully saturated rings. The van der Waals surface area contributed by atoms with Crippen molar-refractivity contribution in [2.45, 2.75) is 17.6 Å². The van der Waals surface area contributed by atoms with Gasteiger partial charge in [-0.3, -0.25) is 4.79 Å². The lowest BCUT2D eigenvalue weighted by Crippen LogP contribution is -2.32. The zero-order valence-electron chi connectivity index (χ0n) is 15.5. The summed E-state index contributed by atoms with van der Waals surface area (Å²) in [6.45, 7) is -0.543. The molecule has 1 heterocycles. The molecule has 1 aromatic heterocycles. The fraction of sp³-hybridized carbons (Fsp3) is 0.158. The first-order valence-electron chi connectivity index (χ1n) is 8.68. The maximum atomic E-state index is 13.1. The molecule has 0 saturated carbocycles. The number of hydrogen-bond acceptors (Lipinski definition) is 4. The molecule has 0 aliphatic carbocycles. The molecule has 0 spiro atoms. The van der Waals surface area contributed by atoms with Crippen LogP contribution in [0.4, 0.5) is 17.6 Å². The Bertz CT molecular complexity index is 1260. The van der Waals surface area contributed by atoms with E-state index in [2.05, 4.69) is 9.82 Å². The summed E-state index contributed by atoms with van der Waals surface area (Å²) in [7, 11) is -4.39. The SMILES string of the molecule is O=c1ccc(-c2ccc(F)cc2)nn1CCNS(=O)(=O)c1cc(C(F)(F)F)ccc1Cl. The lowest BCUT2D eigenvalue weighted by atomic mass is 10.1. The number of nitrogens with zero attached hydrogens (tertiary/aromatic N) is 2. The second-order valence-electron chi connectivity index (χ2n) is 6.33. The van der Waals surface area contributed by atoms with Crippen LogP contribution in [0.3, 0.4) is 0 Å². The highest BCUT2D eigenvalue weighted by molar-refractivity contribution is 7.89. The van der Waals surface area contributed by atoms with Gasteiger partial charge >= 0.3 is 6.18 Å². The first-order valence-corrected chi connectivity index (χ1v) is 10.5. The summed E-state index contributed by atoms with van der Waals surface area (Å²) in [5, 5.41) is 3.72. The molecule has 0 aliphatic heterocycles. The van der Waals surface area contributed by atoms with E-state index < -0.39 is 38.0 Å². The van der Waals surface area contributed by atoms with Crippen molar-refractivity contribution in [3.8, 4) is 11.3 Å². The molecular formula is C19H14ClF4N3O3S. The van der Waals surface area contributed by atoms with Crippen LogP contribution in [-0.4, -0.2) is 24.7 Å². The molecule has 3 aromatic rings. The molecule has 12 heteroatoms. The Balaban J connectivity index is 1.77. The van der Waals surface area contributed by atoms with Crippen molar-refractivity contribution in [3.05, 3.63) is 81.4 Å². The van der Waals surface area contributed by atoms with Crippen LogP contribution in [0, 0.1) is 5.82 Å². The van der Waals surface area contributed by atoms with E-state index in [0.29, 0.717) is 23.4 Å². The Hall–Kier alpha value is -2.76. The van der Waals surface area contributed by atoms with E-state index in [9.17, 15) is 30.8 Å². The number of nitrogens with one attached hydrogen (secondary N) is 1. The summed E-state index contributed by atoms with van der Waals surface area (Å²) in [6, 6.07) is 9.96. The fourth-order valence-corrected chi connectivity index (χ4v) is 4.18. The van der Waals surface area contributed by atoms with Gasteiger partial charge in [0.1, 0.15) is 10.7 Å². The van der Waals surface area contributed by atoms with Crippen molar-refractivity contribution in [2.24, 2.45) is 0 Å². The van der Waals surface area contributed by atoms with Gasteiger partial charge in [0.15, 0.2) is 0 Å². The molecule has 1 N–H and O–H groups in total. The van der Waals surface area contributed by atoms with E-state index in [1.54, 1.807) is 0 Å². The average Bonchev–Trinajstić information content (AvgIpc) is 2.69. The number of sulfonamides is 1. The Labute approximate surface area is 179 Å². The van der Waals surface area contributed by atoms with Crippen molar-refractivity contribution in [2.75, 3.05) is 6.54 Å². The number of alkyl halides is 3. The maximum Gasteiger partial charge on any atom is 0.416 e. The predicted octanol–water partition coefficient (Wildman–Crippen LogP) is 3.70. The monoisotopic (exact) mass is 475 g/mol. The Morgan fingerprint density at radius 2 is 1.71 bits per heavy atom. The summed E-state index contributed by atoms with van der Waals surface area (Å²) < 4.78 is 79.6. The standard InChI is InChI=1S/C19H14ClF4N3O3S/c20-15-6-3-13(19(22,23)24)11-17(15)31(29,30)25-9-10-27-18(28)8-7-16(26-27)12-1-4-14(21)5-2-12/h1-8,11,25H,9-10H2. The van der Waals surface area contributed by atoms with Crippen LogP contribution in [0.25, 0.3) is 11.3 Å². The zero-order chi connectivity index (χ0) is 22.8. The minimum atomic E-state index is -4.74. The third-order valence-corrected chi connectivity index (χ3v) is 6.11. The fourth-order valence-electron chi connectivity index (χ4n) is 2.63. The second kappa shape index (κ2) is 8.77. The van der Waals surface area contributed by atoms with E-state index in [-0.39, 0.29) is 18.1 Å². The number of halogens is 5. The van der Waals surface area contributed by atoms with Crippen LogP contribution >= 0.6 is 11.6 Å². The molecule has 0 amide bonds. The van der Waals surface area contributed by atoms with E-state index in [1.165, 1.54) is 36.4 Å². The Morgan fingerprint density at radius 3 is 2.35 bits per heavy atom.